The van der Waals surface area contributed by atoms with Crippen LogP contribution in [0.3, 0.4) is 0 Å². The van der Waals surface area contributed by atoms with Gasteiger partial charge in [-0.15, -0.1) is 0 Å². The first-order chi connectivity index (χ1) is 9.81. The molecule has 1 amide bonds. The van der Waals surface area contributed by atoms with E-state index in [0.29, 0.717) is 11.7 Å². The molecule has 2 unspecified atom stereocenters. The average molecular weight is 293 g/mol. The van der Waals surface area contributed by atoms with Gasteiger partial charge in [0.25, 0.3) is 5.91 Å². The Labute approximate surface area is 127 Å². The summed E-state index contributed by atoms with van der Waals surface area (Å²) in [7, 11) is 1.81. The minimum Gasteiger partial charge on any atom is -0.484 e. The molecule has 0 heterocycles. The molecular weight excluding hydrogens is 266 g/mol. The molecule has 0 aliphatic carbocycles. The standard InChI is InChI=1S/C17H27NO3/c1-12(2)9-13(3)18(5)17(20)11-21-16-8-6-7-15(10-16)14(4)19/h6-8,10,12-14,19H,9,11H2,1-5H3. The van der Waals surface area contributed by atoms with E-state index < -0.39 is 6.10 Å². The van der Waals surface area contributed by atoms with Crippen molar-refractivity contribution in [2.24, 2.45) is 5.92 Å². The van der Waals surface area contributed by atoms with Crippen molar-refractivity contribution in [2.45, 2.75) is 46.3 Å². The van der Waals surface area contributed by atoms with Gasteiger partial charge in [-0.2, -0.15) is 0 Å². The predicted molar refractivity (Wildman–Crippen MR) is 84.3 cm³/mol. The number of ether oxygens (including phenoxy) is 1. The fourth-order valence-electron chi connectivity index (χ4n) is 2.20. The molecule has 4 heteroatoms. The maximum Gasteiger partial charge on any atom is 0.260 e. The van der Waals surface area contributed by atoms with Crippen LogP contribution in [0.4, 0.5) is 0 Å². The molecule has 0 saturated heterocycles. The Morgan fingerprint density at radius 3 is 2.52 bits per heavy atom. The molecule has 1 N–H and O–H groups in total. The van der Waals surface area contributed by atoms with Crippen LogP contribution in [0, 0.1) is 5.92 Å². The van der Waals surface area contributed by atoms with Gasteiger partial charge in [-0.25, -0.2) is 0 Å². The van der Waals surface area contributed by atoms with E-state index >= 15 is 0 Å². The number of aliphatic hydroxyl groups is 1. The molecule has 0 aliphatic heterocycles. The summed E-state index contributed by atoms with van der Waals surface area (Å²) in [5.41, 5.74) is 0.779. The minimum atomic E-state index is -0.544. The maximum absolute atomic E-state index is 12.1. The third-order valence-electron chi connectivity index (χ3n) is 3.57. The number of nitrogens with zero attached hydrogens (tertiary/aromatic N) is 1. The highest BCUT2D eigenvalue weighted by Gasteiger charge is 2.17. The largest absolute Gasteiger partial charge is 0.484 e. The zero-order chi connectivity index (χ0) is 16.0. The first-order valence-corrected chi connectivity index (χ1v) is 7.47. The van der Waals surface area contributed by atoms with Crippen LogP contribution in [0.1, 0.15) is 45.8 Å². The third-order valence-corrected chi connectivity index (χ3v) is 3.57. The van der Waals surface area contributed by atoms with Crippen molar-refractivity contribution in [1.29, 1.82) is 0 Å². The summed E-state index contributed by atoms with van der Waals surface area (Å²) in [6.45, 7) is 8.06. The molecule has 21 heavy (non-hydrogen) atoms. The number of amides is 1. The van der Waals surface area contributed by atoms with Crippen molar-refractivity contribution in [3.05, 3.63) is 29.8 Å². The van der Waals surface area contributed by atoms with Gasteiger partial charge < -0.3 is 14.7 Å². The Morgan fingerprint density at radius 1 is 1.29 bits per heavy atom. The molecule has 0 spiro atoms. The zero-order valence-corrected chi connectivity index (χ0v) is 13.7. The lowest BCUT2D eigenvalue weighted by molar-refractivity contribution is -0.134. The van der Waals surface area contributed by atoms with Gasteiger partial charge in [-0.05, 0) is 43.9 Å². The Balaban J connectivity index is 2.54. The second-order valence-corrected chi connectivity index (χ2v) is 6.02. The summed E-state index contributed by atoms with van der Waals surface area (Å²) in [4.78, 5) is 13.8. The predicted octanol–water partition coefficient (Wildman–Crippen LogP) is 3.01. The summed E-state index contributed by atoms with van der Waals surface area (Å²) in [6, 6.07) is 7.39. The quantitative estimate of drug-likeness (QED) is 0.840. The summed E-state index contributed by atoms with van der Waals surface area (Å²) >= 11 is 0. The summed E-state index contributed by atoms with van der Waals surface area (Å²) in [5, 5.41) is 9.54. The van der Waals surface area contributed by atoms with E-state index in [1.165, 1.54) is 0 Å². The highest BCUT2D eigenvalue weighted by molar-refractivity contribution is 5.77. The summed E-state index contributed by atoms with van der Waals surface area (Å²) in [6.07, 6.45) is 0.428. The molecular formula is C17H27NO3. The van der Waals surface area contributed by atoms with Gasteiger partial charge in [0.1, 0.15) is 5.75 Å². The summed E-state index contributed by atoms with van der Waals surface area (Å²) in [5.74, 6) is 1.12. The number of carbonyl (C=O) groups excluding carboxylic acids is 1. The first-order valence-electron chi connectivity index (χ1n) is 7.47. The van der Waals surface area contributed by atoms with E-state index in [0.717, 1.165) is 12.0 Å². The number of hydrogen-bond donors (Lipinski definition) is 1. The number of likely N-dealkylation sites (N-methyl/N-ethyl adjacent to an activating group) is 1. The van der Waals surface area contributed by atoms with Crippen molar-refractivity contribution in [3.8, 4) is 5.75 Å². The van der Waals surface area contributed by atoms with Crippen molar-refractivity contribution in [3.63, 3.8) is 0 Å². The smallest absolute Gasteiger partial charge is 0.260 e. The fraction of sp³-hybridized carbons (Fsp3) is 0.588. The van der Waals surface area contributed by atoms with Crippen LogP contribution in [-0.4, -0.2) is 35.6 Å². The maximum atomic E-state index is 12.1. The Bertz CT molecular complexity index is 457. The topological polar surface area (TPSA) is 49.8 Å². The van der Waals surface area contributed by atoms with Crippen molar-refractivity contribution in [1.82, 2.24) is 4.90 Å². The van der Waals surface area contributed by atoms with Crippen LogP contribution in [0.2, 0.25) is 0 Å². The SMILES string of the molecule is CC(C)CC(C)N(C)C(=O)COc1cccc(C(C)O)c1. The van der Waals surface area contributed by atoms with Gasteiger partial charge >= 0.3 is 0 Å². The second kappa shape index (κ2) is 8.03. The lowest BCUT2D eigenvalue weighted by Gasteiger charge is -2.26. The molecule has 118 valence electrons. The van der Waals surface area contributed by atoms with Crippen LogP contribution in [0.5, 0.6) is 5.75 Å². The lowest BCUT2D eigenvalue weighted by Crippen LogP contribution is -2.38. The van der Waals surface area contributed by atoms with Gasteiger partial charge in [0, 0.05) is 13.1 Å². The molecule has 1 aromatic carbocycles. The van der Waals surface area contributed by atoms with Crippen LogP contribution in [0.15, 0.2) is 24.3 Å². The number of carbonyl (C=O) groups is 1. The van der Waals surface area contributed by atoms with Gasteiger partial charge in [-0.1, -0.05) is 26.0 Å². The molecule has 0 radical (unpaired) electrons. The Kier molecular flexibility index (Phi) is 6.69. The van der Waals surface area contributed by atoms with Gasteiger partial charge in [0.2, 0.25) is 0 Å². The third kappa shape index (κ3) is 5.76. The Hall–Kier alpha value is -1.55. The Morgan fingerprint density at radius 2 is 1.95 bits per heavy atom. The molecule has 2 atom stereocenters. The monoisotopic (exact) mass is 293 g/mol. The van der Waals surface area contributed by atoms with Crippen molar-refractivity contribution in [2.75, 3.05) is 13.7 Å². The van der Waals surface area contributed by atoms with Crippen molar-refractivity contribution < 1.29 is 14.6 Å². The summed E-state index contributed by atoms with van der Waals surface area (Å²) < 4.78 is 5.53. The van der Waals surface area contributed by atoms with Crippen LogP contribution < -0.4 is 4.74 Å². The molecule has 0 bridgehead atoms. The fourth-order valence-corrected chi connectivity index (χ4v) is 2.20. The molecule has 0 fully saturated rings. The molecule has 1 rings (SSSR count). The van der Waals surface area contributed by atoms with Gasteiger partial charge in [0.15, 0.2) is 6.61 Å². The zero-order valence-electron chi connectivity index (χ0n) is 13.7. The van der Waals surface area contributed by atoms with Crippen LogP contribution in [-0.2, 0) is 4.79 Å². The molecule has 1 aromatic rings. The van der Waals surface area contributed by atoms with E-state index in [1.807, 2.05) is 26.1 Å². The van der Waals surface area contributed by atoms with E-state index in [4.69, 9.17) is 4.74 Å². The number of hydrogen-bond acceptors (Lipinski definition) is 3. The average Bonchev–Trinajstić information content (AvgIpc) is 2.43. The highest BCUT2D eigenvalue weighted by Crippen LogP contribution is 2.19. The van der Waals surface area contributed by atoms with E-state index in [2.05, 4.69) is 13.8 Å². The van der Waals surface area contributed by atoms with E-state index in [9.17, 15) is 9.90 Å². The second-order valence-electron chi connectivity index (χ2n) is 6.02. The number of benzene rings is 1. The number of rotatable bonds is 7. The van der Waals surface area contributed by atoms with Gasteiger partial charge in [-0.3, -0.25) is 4.79 Å². The first kappa shape index (κ1) is 17.5. The van der Waals surface area contributed by atoms with E-state index in [1.54, 1.807) is 24.0 Å². The highest BCUT2D eigenvalue weighted by atomic mass is 16.5. The van der Waals surface area contributed by atoms with Crippen LogP contribution in [0.25, 0.3) is 0 Å². The molecule has 4 nitrogen and oxygen atoms in total. The molecule has 0 saturated carbocycles. The number of aliphatic hydroxyl groups excluding tert-OH is 1. The minimum absolute atomic E-state index is 0.0161. The lowest BCUT2D eigenvalue weighted by atomic mass is 10.0. The normalized spacial score (nSPS) is 13.9. The van der Waals surface area contributed by atoms with E-state index in [-0.39, 0.29) is 18.6 Å². The molecule has 0 aromatic heterocycles. The molecule has 0 aliphatic rings. The van der Waals surface area contributed by atoms with Crippen LogP contribution >= 0.6 is 0 Å². The van der Waals surface area contributed by atoms with Gasteiger partial charge in [0.05, 0.1) is 6.10 Å². The van der Waals surface area contributed by atoms with Crippen molar-refractivity contribution >= 4 is 5.91 Å².